The van der Waals surface area contributed by atoms with Crippen molar-refractivity contribution in [1.29, 1.82) is 0 Å². The number of ether oxygens (including phenoxy) is 3. The molecule has 26 heteroatoms. The first-order valence-corrected chi connectivity index (χ1v) is 25.0. The van der Waals surface area contributed by atoms with Gasteiger partial charge in [0.05, 0.1) is 5.69 Å². The van der Waals surface area contributed by atoms with E-state index in [1.165, 1.54) is 25.0 Å². The Kier molecular flexibility index (Phi) is 18.9. The molecule has 0 atom stereocenters. The normalized spacial score (nSPS) is 19.7. The lowest BCUT2D eigenvalue weighted by Gasteiger charge is -2.45. The minimum absolute atomic E-state index is 0.00420. The van der Waals surface area contributed by atoms with Crippen LogP contribution in [0.4, 0.5) is 73.6 Å². The number of nitrogens with one attached hydrogen (secondary N) is 1. The van der Waals surface area contributed by atoms with Gasteiger partial charge in [-0.2, -0.15) is 52.7 Å². The highest BCUT2D eigenvalue weighted by Gasteiger charge is 2.62. The molecule has 2 aromatic rings. The minimum atomic E-state index is -5.74. The summed E-state index contributed by atoms with van der Waals surface area (Å²) in [6, 6.07) is 12.2. The number of nitrogens with zero attached hydrogens (tertiary/aromatic N) is 5. The number of rotatable bonds is 6. The molecule has 3 amide bonds. The molecule has 2 aromatic carbocycles. The molecule has 0 aliphatic carbocycles. The third-order valence-corrected chi connectivity index (χ3v) is 14.9. The molecule has 8 rings (SSSR count). The van der Waals surface area contributed by atoms with Crippen LogP contribution in [0, 0.1) is 0 Å². The number of carbonyl (C=O) groups is 5. The summed E-state index contributed by atoms with van der Waals surface area (Å²) < 4.78 is 165. The number of amides is 3. The van der Waals surface area contributed by atoms with Crippen molar-refractivity contribution in [2.24, 2.45) is 0 Å². The summed E-state index contributed by atoms with van der Waals surface area (Å²) in [5.74, 6) is -1.15. The second-order valence-electron chi connectivity index (χ2n) is 19.9. The monoisotopic (exact) mass is 1100 g/mol. The van der Waals surface area contributed by atoms with E-state index in [1.54, 1.807) is 11.8 Å². The van der Waals surface area contributed by atoms with Crippen molar-refractivity contribution in [3.63, 3.8) is 0 Å². The van der Waals surface area contributed by atoms with Crippen LogP contribution in [0.2, 0.25) is 0 Å². The number of anilines is 2. The van der Waals surface area contributed by atoms with Crippen LogP contribution in [0.3, 0.4) is 0 Å². The van der Waals surface area contributed by atoms with E-state index in [0.29, 0.717) is 45.3 Å². The number of aryl methyl sites for hydroxylation is 2. The van der Waals surface area contributed by atoms with E-state index in [0.717, 1.165) is 103 Å². The topological polar surface area (TPSA) is 141 Å². The van der Waals surface area contributed by atoms with E-state index >= 15 is 0 Å². The van der Waals surface area contributed by atoms with Crippen LogP contribution in [0.1, 0.15) is 107 Å². The van der Waals surface area contributed by atoms with Gasteiger partial charge in [0, 0.05) is 89.9 Å². The molecule has 4 saturated heterocycles. The van der Waals surface area contributed by atoms with Gasteiger partial charge in [-0.3, -0.25) is 24.2 Å². The Hall–Kier alpha value is -5.53. The molecule has 6 aliphatic rings. The number of alkyl halides is 12. The number of benzene rings is 2. The molecule has 2 spiro atoms. The van der Waals surface area contributed by atoms with E-state index in [1.807, 2.05) is 24.3 Å². The highest BCUT2D eigenvalue weighted by Crippen LogP contribution is 2.44. The van der Waals surface area contributed by atoms with Crippen LogP contribution >= 0.6 is 0 Å². The smallest absolute Gasteiger partial charge is 0.426 e. The van der Waals surface area contributed by atoms with Crippen LogP contribution in [-0.2, 0) is 54.5 Å². The number of hydrogen-bond donors (Lipinski definition) is 1. The maximum Gasteiger partial charge on any atom is 0.434 e. The maximum atomic E-state index is 12.8. The van der Waals surface area contributed by atoms with Gasteiger partial charge in [0.1, 0.15) is 0 Å². The fraction of sp³-hybridized carbons (Fsp3) is 0.660. The number of hydrogen-bond acceptors (Lipinski definition) is 11. The van der Waals surface area contributed by atoms with Gasteiger partial charge in [-0.05, 0) is 112 Å². The first kappa shape index (κ1) is 59.7. The molecular weight excluding hydrogens is 1040 g/mol. The Labute approximate surface area is 431 Å². The number of para-hydroxylation sites is 2. The summed E-state index contributed by atoms with van der Waals surface area (Å²) in [5.41, 5.74) is 6.17. The standard InChI is InChI=1S/C24H29F6N3O3.C22H27F6N3O2.C4H6O3/c1-16(34)33-12-3-7-17-5-2-6-18(19(17)33)15-32-11-4-8-22(32)9-13-31(14-10-22)21(35)36-20(23(25,26)27)24(28,29)30;23-21(24,25)18(22(26,27)28)33-19(32)30-12-8-20(9-13-30)7-3-11-31(20)14-16-5-1-4-15-6-2-10-29-17(15)16;1-3(5)7-4(2)6/h2,5-6,20H,3-4,7-15H2,1H3;1,4-5,18,29H,2-3,6-14H2;1-2H3. The summed E-state index contributed by atoms with van der Waals surface area (Å²) in [6.45, 7) is 8.52. The number of piperidine rings is 2. The van der Waals surface area contributed by atoms with E-state index in [9.17, 15) is 76.7 Å². The van der Waals surface area contributed by atoms with Crippen molar-refractivity contribution in [2.45, 2.75) is 159 Å². The van der Waals surface area contributed by atoms with Gasteiger partial charge in [-0.25, -0.2) is 9.59 Å². The second kappa shape index (κ2) is 24.0. The van der Waals surface area contributed by atoms with Crippen molar-refractivity contribution in [3.05, 3.63) is 58.7 Å². The van der Waals surface area contributed by atoms with Gasteiger partial charge in [0.25, 0.3) is 12.2 Å². The summed E-state index contributed by atoms with van der Waals surface area (Å²) in [4.78, 5) is 64.5. The van der Waals surface area contributed by atoms with Gasteiger partial charge in [-0.1, -0.05) is 36.4 Å². The zero-order valence-electron chi connectivity index (χ0n) is 42.2. The molecule has 0 radical (unpaired) electrons. The predicted octanol–water partition coefficient (Wildman–Crippen LogP) is 10.2. The van der Waals surface area contributed by atoms with Crippen LogP contribution in [0.15, 0.2) is 36.4 Å². The fourth-order valence-electron chi connectivity index (χ4n) is 11.3. The highest BCUT2D eigenvalue weighted by molar-refractivity contribution is 5.93. The van der Waals surface area contributed by atoms with Crippen LogP contribution in [0.5, 0.6) is 0 Å². The molecule has 14 nitrogen and oxygen atoms in total. The summed E-state index contributed by atoms with van der Waals surface area (Å²) in [7, 11) is 0. The van der Waals surface area contributed by atoms with Gasteiger partial charge in [0.15, 0.2) is 0 Å². The second-order valence-corrected chi connectivity index (χ2v) is 19.9. The number of fused-ring (bicyclic) bond motifs is 2. The van der Waals surface area contributed by atoms with E-state index in [-0.39, 0.29) is 43.2 Å². The molecule has 6 heterocycles. The third-order valence-electron chi connectivity index (χ3n) is 14.9. The van der Waals surface area contributed by atoms with E-state index in [4.69, 9.17) is 0 Å². The zero-order chi connectivity index (χ0) is 56.0. The van der Waals surface area contributed by atoms with E-state index < -0.39 is 61.0 Å². The molecule has 1 N–H and O–H groups in total. The van der Waals surface area contributed by atoms with Crippen LogP contribution < -0.4 is 10.2 Å². The third kappa shape index (κ3) is 14.7. The van der Waals surface area contributed by atoms with Gasteiger partial charge >= 0.3 is 48.8 Å². The van der Waals surface area contributed by atoms with Crippen molar-refractivity contribution in [1.82, 2.24) is 19.6 Å². The Morgan fingerprint density at radius 3 is 1.38 bits per heavy atom. The highest BCUT2D eigenvalue weighted by atomic mass is 19.4. The molecular formula is C50H62F12N6O8. The van der Waals surface area contributed by atoms with E-state index in [2.05, 4.69) is 41.5 Å². The first-order valence-electron chi connectivity index (χ1n) is 25.0. The Morgan fingerprint density at radius 2 is 0.961 bits per heavy atom. The number of halogens is 12. The quantitative estimate of drug-likeness (QED) is 0.128. The van der Waals surface area contributed by atoms with Crippen molar-refractivity contribution in [2.75, 3.05) is 62.6 Å². The molecule has 0 aromatic heterocycles. The molecule has 4 fully saturated rings. The molecule has 76 heavy (non-hydrogen) atoms. The van der Waals surface area contributed by atoms with Crippen molar-refractivity contribution >= 4 is 41.4 Å². The Bertz CT molecular complexity index is 2340. The zero-order valence-corrected chi connectivity index (χ0v) is 42.2. The summed E-state index contributed by atoms with van der Waals surface area (Å²) >= 11 is 0. The summed E-state index contributed by atoms with van der Waals surface area (Å²) in [5, 5.41) is 3.48. The first-order chi connectivity index (χ1) is 35.4. The number of carbonyl (C=O) groups excluding carboxylic acids is 5. The Balaban J connectivity index is 0.000000220. The largest absolute Gasteiger partial charge is 0.434 e. The lowest BCUT2D eigenvalue weighted by Crippen LogP contribution is -2.54. The fourth-order valence-corrected chi connectivity index (χ4v) is 11.3. The molecule has 424 valence electrons. The molecule has 0 bridgehead atoms. The lowest BCUT2D eigenvalue weighted by atomic mass is 9.84. The van der Waals surface area contributed by atoms with Gasteiger partial charge < -0.3 is 34.2 Å². The molecule has 6 aliphatic heterocycles. The average molecular weight is 1100 g/mol. The maximum absolute atomic E-state index is 12.8. The SMILES string of the molecule is CC(=O)N1CCCc2cccc(CN3CCCC34CCN(C(=O)OC(C(F)(F)F)C(F)(F)F)CC4)c21.CC(=O)OC(C)=O.O=C(OC(C(F)(F)F)C(F)(F)F)N1CCC2(CCCN2Cc2cccc3c2NCCC3)CC1. The van der Waals surface area contributed by atoms with Crippen LogP contribution in [0.25, 0.3) is 0 Å². The van der Waals surface area contributed by atoms with Crippen molar-refractivity contribution < 1.29 is 90.9 Å². The Morgan fingerprint density at radius 1 is 0.539 bits per heavy atom. The minimum Gasteiger partial charge on any atom is -0.426 e. The average Bonchev–Trinajstić information content (AvgIpc) is 3.90. The van der Waals surface area contributed by atoms with Crippen molar-refractivity contribution in [3.8, 4) is 0 Å². The van der Waals surface area contributed by atoms with Gasteiger partial charge in [0.2, 0.25) is 5.91 Å². The number of esters is 2. The molecule has 0 saturated carbocycles. The van der Waals surface area contributed by atoms with Crippen LogP contribution in [-0.4, -0.2) is 150 Å². The summed E-state index contributed by atoms with van der Waals surface area (Å²) in [6.07, 6.45) is -25.2. The van der Waals surface area contributed by atoms with Gasteiger partial charge in [-0.15, -0.1) is 0 Å². The lowest BCUT2D eigenvalue weighted by molar-refractivity contribution is -0.309. The predicted molar refractivity (Wildman–Crippen MR) is 250 cm³/mol. The number of likely N-dealkylation sites (tertiary alicyclic amines) is 4. The molecule has 0 unspecified atom stereocenters.